The average Bonchev–Trinajstić information content (AvgIpc) is 2.91. The summed E-state index contributed by atoms with van der Waals surface area (Å²) in [5.74, 6) is -1.21. The van der Waals surface area contributed by atoms with Gasteiger partial charge in [0.05, 0.1) is 11.8 Å². The molecular formula is C15H18N2O5S. The molecule has 7 nitrogen and oxygen atoms in total. The van der Waals surface area contributed by atoms with Crippen molar-refractivity contribution in [1.82, 2.24) is 9.62 Å². The summed E-state index contributed by atoms with van der Waals surface area (Å²) >= 11 is 0. The van der Waals surface area contributed by atoms with Crippen LogP contribution in [0.15, 0.2) is 30.3 Å². The number of aromatic carboxylic acids is 1. The van der Waals surface area contributed by atoms with Crippen LogP contribution in [-0.4, -0.2) is 55.7 Å². The van der Waals surface area contributed by atoms with Crippen LogP contribution in [0, 0.1) is 0 Å². The lowest BCUT2D eigenvalue weighted by atomic mass is 10.1. The predicted octanol–water partition coefficient (Wildman–Crippen LogP) is 0.548. The lowest BCUT2D eigenvalue weighted by molar-refractivity contribution is -0.125. The van der Waals surface area contributed by atoms with Gasteiger partial charge in [-0.1, -0.05) is 12.1 Å². The minimum Gasteiger partial charge on any atom is -0.478 e. The van der Waals surface area contributed by atoms with Crippen molar-refractivity contribution in [2.75, 3.05) is 19.3 Å². The van der Waals surface area contributed by atoms with Gasteiger partial charge in [-0.2, -0.15) is 0 Å². The molecule has 1 aromatic carbocycles. The molecule has 1 aromatic rings. The van der Waals surface area contributed by atoms with Gasteiger partial charge in [0.2, 0.25) is 15.9 Å². The van der Waals surface area contributed by atoms with E-state index in [2.05, 4.69) is 4.72 Å². The Morgan fingerprint density at radius 2 is 1.96 bits per heavy atom. The van der Waals surface area contributed by atoms with Gasteiger partial charge in [-0.05, 0) is 30.2 Å². The van der Waals surface area contributed by atoms with Crippen molar-refractivity contribution in [3.8, 4) is 0 Å². The fraction of sp³-hybridized carbons (Fsp3) is 0.333. The summed E-state index contributed by atoms with van der Waals surface area (Å²) in [4.78, 5) is 24.4. The molecule has 1 unspecified atom stereocenters. The molecular weight excluding hydrogens is 320 g/mol. The maximum absolute atomic E-state index is 12.1. The maximum Gasteiger partial charge on any atom is 0.335 e. The summed E-state index contributed by atoms with van der Waals surface area (Å²) in [6.07, 6.45) is 4.68. The third kappa shape index (κ3) is 5.19. The van der Waals surface area contributed by atoms with Gasteiger partial charge in [0.1, 0.15) is 0 Å². The van der Waals surface area contributed by atoms with E-state index < -0.39 is 16.0 Å². The molecule has 0 radical (unpaired) electrons. The number of nitrogens with one attached hydrogen (secondary N) is 1. The number of hydrogen-bond donors (Lipinski definition) is 2. The van der Waals surface area contributed by atoms with E-state index in [0.29, 0.717) is 25.1 Å². The van der Waals surface area contributed by atoms with E-state index in [1.807, 2.05) is 0 Å². The highest BCUT2D eigenvalue weighted by atomic mass is 32.2. The highest BCUT2D eigenvalue weighted by molar-refractivity contribution is 7.88. The van der Waals surface area contributed by atoms with Crippen LogP contribution < -0.4 is 4.72 Å². The molecule has 1 atom stereocenters. The molecule has 1 fully saturated rings. The zero-order valence-electron chi connectivity index (χ0n) is 12.6. The van der Waals surface area contributed by atoms with Crippen LogP contribution in [0.4, 0.5) is 0 Å². The lowest BCUT2D eigenvalue weighted by Crippen LogP contribution is -2.37. The van der Waals surface area contributed by atoms with Gasteiger partial charge >= 0.3 is 5.97 Å². The first-order valence-corrected chi connectivity index (χ1v) is 8.91. The Kier molecular flexibility index (Phi) is 5.17. The molecule has 1 aliphatic heterocycles. The molecule has 8 heteroatoms. The molecule has 0 spiro atoms. The molecule has 124 valence electrons. The van der Waals surface area contributed by atoms with E-state index in [9.17, 15) is 18.0 Å². The monoisotopic (exact) mass is 338 g/mol. The number of carboxylic acid groups (broad SMARTS) is 1. The normalized spacial score (nSPS) is 18.5. The maximum atomic E-state index is 12.1. The Morgan fingerprint density at radius 3 is 2.52 bits per heavy atom. The van der Waals surface area contributed by atoms with Crippen LogP contribution in [0.3, 0.4) is 0 Å². The van der Waals surface area contributed by atoms with Crippen molar-refractivity contribution < 1.29 is 23.1 Å². The topological polar surface area (TPSA) is 104 Å². The Morgan fingerprint density at radius 1 is 1.30 bits per heavy atom. The number of benzene rings is 1. The van der Waals surface area contributed by atoms with E-state index >= 15 is 0 Å². The van der Waals surface area contributed by atoms with Gasteiger partial charge in [0.15, 0.2) is 0 Å². The Hall–Kier alpha value is -2.19. The van der Waals surface area contributed by atoms with Crippen LogP contribution in [0.25, 0.3) is 6.08 Å². The highest BCUT2D eigenvalue weighted by Gasteiger charge is 2.26. The number of carbonyl (C=O) groups is 2. The zero-order chi connectivity index (χ0) is 17.0. The first kappa shape index (κ1) is 17.2. The van der Waals surface area contributed by atoms with Crippen molar-refractivity contribution in [1.29, 1.82) is 0 Å². The minimum absolute atomic E-state index is 0.183. The fourth-order valence-corrected chi connectivity index (χ4v) is 3.17. The quantitative estimate of drug-likeness (QED) is 0.763. The zero-order valence-corrected chi connectivity index (χ0v) is 13.4. The van der Waals surface area contributed by atoms with Crippen LogP contribution in [0.5, 0.6) is 0 Å². The first-order valence-electron chi connectivity index (χ1n) is 7.02. The number of hydrogen-bond acceptors (Lipinski definition) is 4. The molecule has 1 saturated heterocycles. The van der Waals surface area contributed by atoms with Crippen LogP contribution in [0.1, 0.15) is 22.3 Å². The third-order valence-electron chi connectivity index (χ3n) is 3.46. The predicted molar refractivity (Wildman–Crippen MR) is 85.4 cm³/mol. The van der Waals surface area contributed by atoms with E-state index in [-0.39, 0.29) is 17.5 Å². The van der Waals surface area contributed by atoms with Crippen molar-refractivity contribution in [2.45, 2.75) is 12.5 Å². The number of carbonyl (C=O) groups excluding carboxylic acids is 1. The summed E-state index contributed by atoms with van der Waals surface area (Å²) in [6.45, 7) is 0.836. The van der Waals surface area contributed by atoms with E-state index in [1.54, 1.807) is 23.1 Å². The molecule has 0 bridgehead atoms. The van der Waals surface area contributed by atoms with Crippen molar-refractivity contribution in [3.05, 3.63) is 41.5 Å². The van der Waals surface area contributed by atoms with E-state index in [1.165, 1.54) is 18.2 Å². The summed E-state index contributed by atoms with van der Waals surface area (Å²) in [7, 11) is -3.28. The van der Waals surface area contributed by atoms with Crippen molar-refractivity contribution in [3.63, 3.8) is 0 Å². The second kappa shape index (κ2) is 6.93. The molecule has 23 heavy (non-hydrogen) atoms. The minimum atomic E-state index is -3.28. The third-order valence-corrected chi connectivity index (χ3v) is 4.22. The molecule has 2 rings (SSSR count). The average molecular weight is 338 g/mol. The SMILES string of the molecule is CS(=O)(=O)NC1CCN(C(=O)/C=C/c2ccc(C(=O)O)cc2)C1. The van der Waals surface area contributed by atoms with Crippen molar-refractivity contribution in [2.24, 2.45) is 0 Å². The van der Waals surface area contributed by atoms with Gasteiger partial charge in [-0.25, -0.2) is 17.9 Å². The van der Waals surface area contributed by atoms with Crippen LogP contribution >= 0.6 is 0 Å². The number of sulfonamides is 1. The molecule has 0 aliphatic carbocycles. The summed E-state index contributed by atoms with van der Waals surface area (Å²) in [6, 6.07) is 5.91. The van der Waals surface area contributed by atoms with Crippen molar-refractivity contribution >= 4 is 28.0 Å². The molecule has 0 saturated carbocycles. The Labute approximate surface area is 134 Å². The second-order valence-corrected chi connectivity index (χ2v) is 7.20. The number of nitrogens with zero attached hydrogens (tertiary/aromatic N) is 1. The molecule has 0 aromatic heterocycles. The number of carboxylic acids is 1. The second-order valence-electron chi connectivity index (χ2n) is 5.42. The molecule has 1 heterocycles. The summed E-state index contributed by atoms with van der Waals surface area (Å²) in [5.41, 5.74) is 0.899. The summed E-state index contributed by atoms with van der Waals surface area (Å²) in [5, 5.41) is 8.82. The highest BCUT2D eigenvalue weighted by Crippen LogP contribution is 2.12. The standard InChI is InChI=1S/C15H18N2O5S/c1-23(21,22)16-13-8-9-17(10-13)14(18)7-4-11-2-5-12(6-3-11)15(19)20/h2-7,13,16H,8-10H2,1H3,(H,19,20)/b7-4+. The van der Waals surface area contributed by atoms with Gasteiger partial charge in [0.25, 0.3) is 0 Å². The number of rotatable bonds is 5. The van der Waals surface area contributed by atoms with Gasteiger partial charge < -0.3 is 10.0 Å². The molecule has 2 N–H and O–H groups in total. The van der Waals surface area contributed by atoms with E-state index in [4.69, 9.17) is 5.11 Å². The molecule has 1 aliphatic rings. The fourth-order valence-electron chi connectivity index (χ4n) is 2.37. The van der Waals surface area contributed by atoms with Gasteiger partial charge in [-0.15, -0.1) is 0 Å². The summed E-state index contributed by atoms with van der Waals surface area (Å²) < 4.78 is 24.9. The van der Waals surface area contributed by atoms with Gasteiger partial charge in [-0.3, -0.25) is 4.79 Å². The lowest BCUT2D eigenvalue weighted by Gasteiger charge is -2.14. The molecule has 1 amide bonds. The van der Waals surface area contributed by atoms with Crippen LogP contribution in [0.2, 0.25) is 0 Å². The van der Waals surface area contributed by atoms with E-state index in [0.717, 1.165) is 6.26 Å². The van der Waals surface area contributed by atoms with Crippen LogP contribution in [-0.2, 0) is 14.8 Å². The smallest absolute Gasteiger partial charge is 0.335 e. The Balaban J connectivity index is 1.93. The largest absolute Gasteiger partial charge is 0.478 e. The Bertz CT molecular complexity index is 725. The first-order chi connectivity index (χ1) is 10.7. The number of likely N-dealkylation sites (tertiary alicyclic amines) is 1. The van der Waals surface area contributed by atoms with Gasteiger partial charge in [0, 0.05) is 25.2 Å². The number of amides is 1.